The third-order valence-corrected chi connectivity index (χ3v) is 3.53. The number of hydrogen-bond donors (Lipinski definition) is 3. The molecule has 0 saturated heterocycles. The Morgan fingerprint density at radius 1 is 1.19 bits per heavy atom. The van der Waals surface area contributed by atoms with Crippen molar-refractivity contribution in [1.29, 1.82) is 0 Å². The number of nitrogens with one attached hydrogen (secondary N) is 3. The molecule has 1 rings (SSSR count). The summed E-state index contributed by atoms with van der Waals surface area (Å²) >= 11 is 0. The van der Waals surface area contributed by atoms with Gasteiger partial charge in [0, 0.05) is 24.7 Å². The summed E-state index contributed by atoms with van der Waals surface area (Å²) in [6.45, 7) is 11.7. The fourth-order valence-electron chi connectivity index (χ4n) is 2.22. The molecule has 1 aromatic rings. The fourth-order valence-corrected chi connectivity index (χ4v) is 2.22. The van der Waals surface area contributed by atoms with Crippen LogP contribution < -0.4 is 20.7 Å². The van der Waals surface area contributed by atoms with Gasteiger partial charge in [0.2, 0.25) is 5.91 Å². The molecule has 0 fully saturated rings. The van der Waals surface area contributed by atoms with Crippen molar-refractivity contribution in [2.24, 2.45) is 10.9 Å². The van der Waals surface area contributed by atoms with Gasteiger partial charge in [0.05, 0.1) is 13.2 Å². The Bertz CT molecular complexity index is 592. The summed E-state index contributed by atoms with van der Waals surface area (Å²) in [7, 11) is 1.68. The van der Waals surface area contributed by atoms with Crippen LogP contribution in [0.25, 0.3) is 0 Å². The summed E-state index contributed by atoms with van der Waals surface area (Å²) in [6.07, 6.45) is 1.02. The quantitative estimate of drug-likeness (QED) is 0.491. The minimum Gasteiger partial charge on any atom is -0.493 e. The van der Waals surface area contributed by atoms with E-state index >= 15 is 0 Å². The van der Waals surface area contributed by atoms with E-state index in [1.807, 2.05) is 45.0 Å². The topological polar surface area (TPSA) is 74.8 Å². The van der Waals surface area contributed by atoms with Crippen molar-refractivity contribution in [3.05, 3.63) is 29.8 Å². The second kappa shape index (κ2) is 10.7. The van der Waals surface area contributed by atoms with Gasteiger partial charge in [-0.1, -0.05) is 32.0 Å². The van der Waals surface area contributed by atoms with E-state index in [4.69, 9.17) is 4.74 Å². The van der Waals surface area contributed by atoms with Crippen molar-refractivity contribution in [3.8, 4) is 5.75 Å². The van der Waals surface area contributed by atoms with E-state index < -0.39 is 0 Å². The zero-order chi connectivity index (χ0) is 19.6. The number of carbonyl (C=O) groups is 1. The first-order valence-corrected chi connectivity index (χ1v) is 9.17. The Hall–Kier alpha value is -2.24. The molecule has 1 aromatic carbocycles. The normalized spacial score (nSPS) is 12.0. The number of nitrogens with zero attached hydrogens (tertiary/aromatic N) is 1. The third kappa shape index (κ3) is 9.30. The standard InChI is InChI=1S/C20H34N4O2/c1-15(2)11-12-26-17-10-8-7-9-16(17)13-22-19(21-6)23-14-18(25)24-20(3,4)5/h7-10,15H,11-14H2,1-6H3,(H,24,25)(H2,21,22,23). The lowest BCUT2D eigenvalue weighted by atomic mass is 10.1. The Labute approximate surface area is 157 Å². The van der Waals surface area contributed by atoms with E-state index in [2.05, 4.69) is 34.8 Å². The largest absolute Gasteiger partial charge is 0.493 e. The van der Waals surface area contributed by atoms with Crippen molar-refractivity contribution in [3.63, 3.8) is 0 Å². The Morgan fingerprint density at radius 2 is 1.88 bits per heavy atom. The van der Waals surface area contributed by atoms with Crippen LogP contribution in [-0.2, 0) is 11.3 Å². The van der Waals surface area contributed by atoms with Crippen LogP contribution in [0, 0.1) is 5.92 Å². The molecule has 3 N–H and O–H groups in total. The van der Waals surface area contributed by atoms with Crippen molar-refractivity contribution in [1.82, 2.24) is 16.0 Å². The summed E-state index contributed by atoms with van der Waals surface area (Å²) < 4.78 is 5.90. The third-order valence-electron chi connectivity index (χ3n) is 3.53. The number of amides is 1. The summed E-state index contributed by atoms with van der Waals surface area (Å²) in [5.41, 5.74) is 0.806. The molecule has 26 heavy (non-hydrogen) atoms. The SMILES string of the molecule is CN=C(NCC(=O)NC(C)(C)C)NCc1ccccc1OCCC(C)C. The van der Waals surface area contributed by atoms with Gasteiger partial charge in [0.15, 0.2) is 5.96 Å². The highest BCUT2D eigenvalue weighted by atomic mass is 16.5. The molecular weight excluding hydrogens is 328 g/mol. The lowest BCUT2D eigenvalue weighted by Gasteiger charge is -2.21. The molecule has 0 atom stereocenters. The van der Waals surface area contributed by atoms with Gasteiger partial charge in [-0.15, -0.1) is 0 Å². The van der Waals surface area contributed by atoms with Crippen molar-refractivity contribution in [2.75, 3.05) is 20.2 Å². The maximum Gasteiger partial charge on any atom is 0.239 e. The number of aliphatic imine (C=N–C) groups is 1. The molecule has 0 bridgehead atoms. The van der Waals surface area contributed by atoms with E-state index in [9.17, 15) is 4.79 Å². The number of ether oxygens (including phenoxy) is 1. The fraction of sp³-hybridized carbons (Fsp3) is 0.600. The average Bonchev–Trinajstić information content (AvgIpc) is 2.54. The Morgan fingerprint density at radius 3 is 2.50 bits per heavy atom. The van der Waals surface area contributed by atoms with Gasteiger partial charge in [-0.25, -0.2) is 0 Å². The van der Waals surface area contributed by atoms with Crippen molar-refractivity contribution in [2.45, 2.75) is 53.1 Å². The molecule has 146 valence electrons. The number of benzene rings is 1. The zero-order valence-corrected chi connectivity index (χ0v) is 17.0. The zero-order valence-electron chi connectivity index (χ0n) is 17.0. The number of carbonyl (C=O) groups excluding carboxylic acids is 1. The van der Waals surface area contributed by atoms with Crippen molar-refractivity contribution < 1.29 is 9.53 Å². The summed E-state index contributed by atoms with van der Waals surface area (Å²) in [5.74, 6) is 1.99. The second-order valence-corrected chi connectivity index (χ2v) is 7.72. The molecule has 0 spiro atoms. The highest BCUT2D eigenvalue weighted by molar-refractivity contribution is 5.86. The van der Waals surface area contributed by atoms with Crippen LogP contribution in [0.15, 0.2) is 29.3 Å². The maximum atomic E-state index is 11.9. The molecule has 0 unspecified atom stereocenters. The van der Waals surface area contributed by atoms with Gasteiger partial charge in [-0.3, -0.25) is 9.79 Å². The summed E-state index contributed by atoms with van der Waals surface area (Å²) in [4.78, 5) is 16.1. The molecule has 1 amide bonds. The van der Waals surface area contributed by atoms with Gasteiger partial charge < -0.3 is 20.7 Å². The van der Waals surface area contributed by atoms with Crippen LogP contribution in [0.2, 0.25) is 0 Å². The van der Waals surface area contributed by atoms with Crippen LogP contribution in [0.3, 0.4) is 0 Å². The molecule has 0 aliphatic heterocycles. The first kappa shape index (κ1) is 21.8. The monoisotopic (exact) mass is 362 g/mol. The van der Waals surface area contributed by atoms with Crippen LogP contribution in [0.1, 0.15) is 46.6 Å². The molecule has 0 aliphatic rings. The molecule has 6 nitrogen and oxygen atoms in total. The lowest BCUT2D eigenvalue weighted by Crippen LogP contribution is -2.48. The highest BCUT2D eigenvalue weighted by Gasteiger charge is 2.13. The Kier molecular flexibility index (Phi) is 8.96. The molecule has 0 aliphatic carbocycles. The average molecular weight is 363 g/mol. The van der Waals surface area contributed by atoms with E-state index in [0.717, 1.165) is 17.7 Å². The van der Waals surface area contributed by atoms with Crippen molar-refractivity contribution >= 4 is 11.9 Å². The molecule has 0 saturated carbocycles. The van der Waals surface area contributed by atoms with E-state index in [1.54, 1.807) is 7.05 Å². The smallest absolute Gasteiger partial charge is 0.239 e. The summed E-state index contributed by atoms with van der Waals surface area (Å²) in [6, 6.07) is 7.96. The summed E-state index contributed by atoms with van der Waals surface area (Å²) in [5, 5.41) is 9.16. The number of hydrogen-bond acceptors (Lipinski definition) is 3. The van der Waals surface area contributed by atoms with Crippen LogP contribution >= 0.6 is 0 Å². The molecular formula is C20H34N4O2. The predicted octanol–water partition coefficient (Wildman–Crippen LogP) is 2.69. The molecule has 0 heterocycles. The van der Waals surface area contributed by atoms with E-state index in [1.165, 1.54) is 0 Å². The highest BCUT2D eigenvalue weighted by Crippen LogP contribution is 2.18. The molecule has 6 heteroatoms. The first-order chi connectivity index (χ1) is 12.2. The van der Waals surface area contributed by atoms with Gasteiger partial charge in [0.25, 0.3) is 0 Å². The van der Waals surface area contributed by atoms with Gasteiger partial charge in [0.1, 0.15) is 5.75 Å². The van der Waals surface area contributed by atoms with Crippen LogP contribution in [0.5, 0.6) is 5.75 Å². The van der Waals surface area contributed by atoms with Gasteiger partial charge >= 0.3 is 0 Å². The van der Waals surface area contributed by atoms with E-state index in [0.29, 0.717) is 25.0 Å². The van der Waals surface area contributed by atoms with E-state index in [-0.39, 0.29) is 18.0 Å². The molecule has 0 aromatic heterocycles. The van der Waals surface area contributed by atoms with Gasteiger partial charge in [-0.05, 0) is 39.2 Å². The maximum absolute atomic E-state index is 11.9. The predicted molar refractivity (Wildman–Crippen MR) is 107 cm³/mol. The van der Waals surface area contributed by atoms with Gasteiger partial charge in [-0.2, -0.15) is 0 Å². The Balaban J connectivity index is 2.52. The number of para-hydroxylation sites is 1. The minimum atomic E-state index is -0.248. The minimum absolute atomic E-state index is 0.0714. The first-order valence-electron chi connectivity index (χ1n) is 9.17. The number of guanidine groups is 1. The number of rotatable bonds is 8. The van der Waals surface area contributed by atoms with Crippen LogP contribution in [-0.4, -0.2) is 37.6 Å². The second-order valence-electron chi connectivity index (χ2n) is 7.72. The molecule has 0 radical (unpaired) electrons. The van der Waals surface area contributed by atoms with Crippen LogP contribution in [0.4, 0.5) is 0 Å². The lowest BCUT2D eigenvalue weighted by molar-refractivity contribution is -0.121.